The molecular formula is C35H67NO5. The molecule has 0 bridgehead atoms. The lowest BCUT2D eigenvalue weighted by atomic mass is 10.00. The second-order valence-electron chi connectivity index (χ2n) is 11.8. The molecule has 5 N–H and O–H groups in total. The molecular weight excluding hydrogens is 514 g/mol. The van der Waals surface area contributed by atoms with E-state index in [1.165, 1.54) is 83.5 Å². The lowest BCUT2D eigenvalue weighted by Crippen LogP contribution is -2.53. The second-order valence-corrected chi connectivity index (χ2v) is 11.8. The van der Waals surface area contributed by atoms with Crippen molar-refractivity contribution in [3.05, 3.63) is 24.3 Å². The van der Waals surface area contributed by atoms with E-state index in [1.54, 1.807) is 0 Å². The number of hydrogen-bond acceptors (Lipinski definition) is 5. The monoisotopic (exact) mass is 582 g/mol. The molecule has 0 rings (SSSR count). The van der Waals surface area contributed by atoms with Gasteiger partial charge >= 0.3 is 0 Å². The zero-order chi connectivity index (χ0) is 30.4. The van der Waals surface area contributed by atoms with Crippen LogP contribution in [0.2, 0.25) is 0 Å². The smallest absolute Gasteiger partial charge is 0.249 e. The summed E-state index contributed by atoms with van der Waals surface area (Å²) in [6.45, 7) is 3.89. The number of amides is 1. The number of carbonyl (C=O) groups excluding carboxylic acids is 1. The molecule has 0 radical (unpaired) electrons. The minimum absolute atomic E-state index is 0.355. The lowest BCUT2D eigenvalue weighted by Gasteiger charge is -2.27. The molecule has 0 aliphatic heterocycles. The van der Waals surface area contributed by atoms with Gasteiger partial charge in [-0.15, -0.1) is 0 Å². The summed E-state index contributed by atoms with van der Waals surface area (Å²) in [7, 11) is 0. The van der Waals surface area contributed by atoms with E-state index in [0.717, 1.165) is 44.9 Å². The maximum Gasteiger partial charge on any atom is 0.249 e. The standard InChI is InChI=1S/C35H67NO5/c1-3-5-7-9-11-12-13-14-15-16-17-18-19-20-21-22-23-25-27-29-33(39)35(41)36-31(30-37)34(40)32(38)28-26-24-10-8-6-4-2/h8,10,17-18,31-34,37-40H,3-7,9,11-16,19-30H2,1-2H3,(H,36,41)/b10-8+,18-17-. The molecule has 4 unspecified atom stereocenters. The predicted octanol–water partition coefficient (Wildman–Crippen LogP) is 7.67. The summed E-state index contributed by atoms with van der Waals surface area (Å²) in [6, 6.07) is -0.998. The Kier molecular flexibility index (Phi) is 29.4. The van der Waals surface area contributed by atoms with Crippen molar-refractivity contribution < 1.29 is 25.2 Å². The summed E-state index contributed by atoms with van der Waals surface area (Å²) >= 11 is 0. The average Bonchev–Trinajstić information content (AvgIpc) is 2.98. The Morgan fingerprint density at radius 2 is 1.05 bits per heavy atom. The van der Waals surface area contributed by atoms with Crippen LogP contribution in [0.15, 0.2) is 24.3 Å². The predicted molar refractivity (Wildman–Crippen MR) is 173 cm³/mol. The van der Waals surface area contributed by atoms with Crippen molar-refractivity contribution in [3.63, 3.8) is 0 Å². The summed E-state index contributed by atoms with van der Waals surface area (Å²) in [5, 5.41) is 42.9. The van der Waals surface area contributed by atoms with Crippen molar-refractivity contribution in [1.29, 1.82) is 0 Å². The molecule has 0 aromatic heterocycles. The molecule has 41 heavy (non-hydrogen) atoms. The minimum atomic E-state index is -1.28. The third-order valence-corrected chi connectivity index (χ3v) is 7.87. The Morgan fingerprint density at radius 3 is 1.56 bits per heavy atom. The summed E-state index contributed by atoms with van der Waals surface area (Å²) in [5.41, 5.74) is 0. The van der Waals surface area contributed by atoms with Crippen molar-refractivity contribution in [3.8, 4) is 0 Å². The molecule has 242 valence electrons. The van der Waals surface area contributed by atoms with Crippen LogP contribution < -0.4 is 5.32 Å². The summed E-state index contributed by atoms with van der Waals surface area (Å²) in [5.74, 6) is -0.605. The number of aliphatic hydroxyl groups excluding tert-OH is 4. The molecule has 0 heterocycles. The van der Waals surface area contributed by atoms with Gasteiger partial charge in [-0.25, -0.2) is 0 Å². The number of nitrogens with one attached hydrogen (secondary N) is 1. The van der Waals surface area contributed by atoms with Crippen molar-refractivity contribution in [1.82, 2.24) is 5.32 Å². The van der Waals surface area contributed by atoms with Gasteiger partial charge in [0, 0.05) is 0 Å². The highest BCUT2D eigenvalue weighted by molar-refractivity contribution is 5.80. The van der Waals surface area contributed by atoms with Crippen LogP contribution in [0.5, 0.6) is 0 Å². The number of allylic oxidation sites excluding steroid dienone is 4. The average molecular weight is 582 g/mol. The van der Waals surface area contributed by atoms with E-state index in [4.69, 9.17) is 0 Å². The first-order valence-corrected chi connectivity index (χ1v) is 17.2. The molecule has 0 aromatic carbocycles. The van der Waals surface area contributed by atoms with E-state index in [-0.39, 0.29) is 0 Å². The van der Waals surface area contributed by atoms with Gasteiger partial charge in [0.25, 0.3) is 0 Å². The van der Waals surface area contributed by atoms with E-state index in [9.17, 15) is 25.2 Å². The fraction of sp³-hybridized carbons (Fsp3) is 0.857. The van der Waals surface area contributed by atoms with Gasteiger partial charge in [0.1, 0.15) is 12.2 Å². The van der Waals surface area contributed by atoms with Gasteiger partial charge in [0.15, 0.2) is 0 Å². The van der Waals surface area contributed by atoms with Gasteiger partial charge < -0.3 is 25.7 Å². The normalized spacial score (nSPS) is 15.0. The van der Waals surface area contributed by atoms with E-state index < -0.39 is 36.9 Å². The fourth-order valence-corrected chi connectivity index (χ4v) is 5.05. The number of hydrogen-bond donors (Lipinski definition) is 5. The van der Waals surface area contributed by atoms with Gasteiger partial charge in [-0.1, -0.05) is 128 Å². The maximum atomic E-state index is 12.3. The van der Waals surface area contributed by atoms with Gasteiger partial charge in [0.2, 0.25) is 5.91 Å². The molecule has 0 saturated carbocycles. The first-order chi connectivity index (χ1) is 20.0. The molecule has 0 fully saturated rings. The van der Waals surface area contributed by atoms with Crippen LogP contribution in [-0.4, -0.2) is 57.3 Å². The minimum Gasteiger partial charge on any atom is -0.394 e. The molecule has 1 amide bonds. The summed E-state index contributed by atoms with van der Waals surface area (Å²) in [4.78, 5) is 12.3. The maximum absolute atomic E-state index is 12.3. The molecule has 0 saturated heterocycles. The fourth-order valence-electron chi connectivity index (χ4n) is 5.05. The first-order valence-electron chi connectivity index (χ1n) is 17.2. The van der Waals surface area contributed by atoms with Gasteiger partial charge in [0.05, 0.1) is 18.8 Å². The van der Waals surface area contributed by atoms with E-state index in [0.29, 0.717) is 19.3 Å². The largest absolute Gasteiger partial charge is 0.394 e. The number of aliphatic hydroxyl groups is 4. The van der Waals surface area contributed by atoms with Crippen LogP contribution in [0.3, 0.4) is 0 Å². The molecule has 0 aromatic rings. The van der Waals surface area contributed by atoms with Crippen LogP contribution in [0.4, 0.5) is 0 Å². The zero-order valence-electron chi connectivity index (χ0n) is 26.8. The molecule has 6 nitrogen and oxygen atoms in total. The highest BCUT2D eigenvalue weighted by Gasteiger charge is 2.28. The van der Waals surface area contributed by atoms with E-state index in [2.05, 4.69) is 43.5 Å². The summed E-state index contributed by atoms with van der Waals surface area (Å²) < 4.78 is 0. The van der Waals surface area contributed by atoms with Gasteiger partial charge in [-0.2, -0.15) is 0 Å². The van der Waals surface area contributed by atoms with Crippen LogP contribution in [-0.2, 0) is 4.79 Å². The van der Waals surface area contributed by atoms with Crippen LogP contribution >= 0.6 is 0 Å². The number of rotatable bonds is 30. The van der Waals surface area contributed by atoms with Crippen molar-refractivity contribution in [2.75, 3.05) is 6.61 Å². The van der Waals surface area contributed by atoms with Crippen molar-refractivity contribution >= 4 is 5.91 Å². The third kappa shape index (κ3) is 25.0. The quantitative estimate of drug-likeness (QED) is 0.0442. The number of carbonyl (C=O) groups is 1. The molecule has 6 heteroatoms. The van der Waals surface area contributed by atoms with Crippen LogP contribution in [0, 0.1) is 0 Å². The Labute approximate surface area is 253 Å². The Hall–Kier alpha value is -1.21. The SMILES string of the molecule is CCC/C=C/CCCC(O)C(O)C(CO)NC(=O)C(O)CCCCCCCC/C=C\CCCCCCCCCCC. The van der Waals surface area contributed by atoms with Gasteiger partial charge in [-0.05, 0) is 57.8 Å². The van der Waals surface area contributed by atoms with Crippen LogP contribution in [0.25, 0.3) is 0 Å². The van der Waals surface area contributed by atoms with E-state index >= 15 is 0 Å². The molecule has 0 aliphatic rings. The topological polar surface area (TPSA) is 110 Å². The first kappa shape index (κ1) is 39.8. The van der Waals surface area contributed by atoms with Crippen molar-refractivity contribution in [2.24, 2.45) is 0 Å². The zero-order valence-corrected chi connectivity index (χ0v) is 26.8. The highest BCUT2D eigenvalue weighted by atomic mass is 16.3. The molecule has 0 spiro atoms. The highest BCUT2D eigenvalue weighted by Crippen LogP contribution is 2.14. The van der Waals surface area contributed by atoms with Crippen LogP contribution in [0.1, 0.15) is 162 Å². The van der Waals surface area contributed by atoms with Gasteiger partial charge in [-0.3, -0.25) is 4.79 Å². The Morgan fingerprint density at radius 1 is 0.585 bits per heavy atom. The lowest BCUT2D eigenvalue weighted by molar-refractivity contribution is -0.132. The number of unbranched alkanes of at least 4 members (excludes halogenated alkanes) is 17. The Bertz CT molecular complexity index is 624. The Balaban J connectivity index is 3.76. The molecule has 0 aliphatic carbocycles. The summed E-state index contributed by atoms with van der Waals surface area (Å²) in [6.07, 6.45) is 30.9. The third-order valence-electron chi connectivity index (χ3n) is 7.87. The second kappa shape index (κ2) is 30.3. The van der Waals surface area contributed by atoms with Crippen molar-refractivity contribution in [2.45, 2.75) is 186 Å². The molecule has 4 atom stereocenters. The van der Waals surface area contributed by atoms with E-state index in [1.807, 2.05) is 0 Å².